The van der Waals surface area contributed by atoms with Crippen molar-refractivity contribution in [2.24, 2.45) is 0 Å². The molecule has 10 heteroatoms. The summed E-state index contributed by atoms with van der Waals surface area (Å²) in [6.07, 6.45) is 0. The highest BCUT2D eigenvalue weighted by molar-refractivity contribution is 7.99. The van der Waals surface area contributed by atoms with Crippen molar-refractivity contribution in [3.05, 3.63) is 51.3 Å². The number of hydrogen-bond acceptors (Lipinski definition) is 8. The molecule has 1 amide bonds. The molecule has 8 nitrogen and oxygen atoms in total. The first-order valence-corrected chi connectivity index (χ1v) is 10.1. The summed E-state index contributed by atoms with van der Waals surface area (Å²) in [5, 5.41) is 11.2. The van der Waals surface area contributed by atoms with E-state index in [0.29, 0.717) is 28.1 Å². The van der Waals surface area contributed by atoms with Gasteiger partial charge in [-0.15, -0.1) is 10.2 Å². The lowest BCUT2D eigenvalue weighted by molar-refractivity contribution is -0.113. The van der Waals surface area contributed by atoms with Crippen molar-refractivity contribution >= 4 is 45.0 Å². The van der Waals surface area contributed by atoms with Gasteiger partial charge in [-0.25, -0.2) is 4.98 Å². The van der Waals surface area contributed by atoms with Crippen LogP contribution in [0.25, 0.3) is 21.8 Å². The zero-order valence-corrected chi connectivity index (χ0v) is 16.6. The number of thiazole rings is 1. The Hall–Kier alpha value is -2.98. The number of thioether (sulfide) groups is 1. The fraction of sp³-hybridized carbons (Fsp3) is 0.167. The van der Waals surface area contributed by atoms with Crippen molar-refractivity contribution in [1.29, 1.82) is 0 Å². The first kappa shape index (κ1) is 18.4. The molecule has 28 heavy (non-hydrogen) atoms. The van der Waals surface area contributed by atoms with E-state index in [-0.39, 0.29) is 16.5 Å². The lowest BCUT2D eigenvalue weighted by Gasteiger charge is -2.11. The zero-order valence-electron chi connectivity index (χ0n) is 15.0. The van der Waals surface area contributed by atoms with Crippen molar-refractivity contribution < 1.29 is 9.21 Å². The fourth-order valence-electron chi connectivity index (χ4n) is 2.71. The number of aryl methyl sites for hydroxylation is 2. The Labute approximate surface area is 167 Å². The molecule has 0 spiro atoms. The third-order valence-corrected chi connectivity index (χ3v) is 5.82. The zero-order chi connectivity index (χ0) is 19.7. The molecule has 0 aliphatic heterocycles. The maximum atomic E-state index is 12.4. The molecule has 0 aliphatic rings. The van der Waals surface area contributed by atoms with E-state index >= 15 is 0 Å². The van der Waals surface area contributed by atoms with Gasteiger partial charge in [-0.3, -0.25) is 14.6 Å². The van der Waals surface area contributed by atoms with Crippen LogP contribution in [0.2, 0.25) is 0 Å². The van der Waals surface area contributed by atoms with Crippen LogP contribution in [0.1, 0.15) is 11.3 Å². The number of aromatic amines is 1. The minimum absolute atomic E-state index is 0.108. The quantitative estimate of drug-likeness (QED) is 0.482. The number of carbonyl (C=O) groups excluding carboxylic acids is 1. The van der Waals surface area contributed by atoms with Crippen molar-refractivity contribution in [3.8, 4) is 11.5 Å². The Morgan fingerprint density at radius 3 is 2.82 bits per heavy atom. The Bertz CT molecular complexity index is 1210. The minimum Gasteiger partial charge on any atom is -0.411 e. The van der Waals surface area contributed by atoms with Gasteiger partial charge in [0, 0.05) is 5.56 Å². The molecule has 0 radical (unpaired) electrons. The van der Waals surface area contributed by atoms with Gasteiger partial charge in [0.2, 0.25) is 11.8 Å². The number of anilines is 1. The molecule has 0 saturated carbocycles. The number of carbonyl (C=O) groups is 1. The maximum absolute atomic E-state index is 12.4. The van der Waals surface area contributed by atoms with E-state index in [1.165, 1.54) is 0 Å². The van der Waals surface area contributed by atoms with Crippen LogP contribution < -0.4 is 10.2 Å². The molecule has 4 aromatic rings. The van der Waals surface area contributed by atoms with E-state index in [9.17, 15) is 9.59 Å². The molecule has 1 aromatic carbocycles. The van der Waals surface area contributed by atoms with Crippen LogP contribution in [-0.2, 0) is 4.79 Å². The van der Waals surface area contributed by atoms with Crippen molar-refractivity contribution in [1.82, 2.24) is 20.2 Å². The molecule has 2 N–H and O–H groups in total. The van der Waals surface area contributed by atoms with E-state index in [0.717, 1.165) is 38.9 Å². The molecule has 0 fully saturated rings. The number of aromatic nitrogens is 4. The van der Waals surface area contributed by atoms with Crippen LogP contribution >= 0.6 is 23.1 Å². The van der Waals surface area contributed by atoms with Gasteiger partial charge in [0.25, 0.3) is 5.22 Å². The Morgan fingerprint density at radius 1 is 1.25 bits per heavy atom. The molecule has 0 bridgehead atoms. The number of hydrogen-bond donors (Lipinski definition) is 2. The molecular formula is C18H15N5O3S2. The SMILES string of the molecule is Cc1nc2[nH]c(=O)sc2c(C)c1NC(=O)CSc1nnc(-c2ccccc2)o1. The van der Waals surface area contributed by atoms with Crippen LogP contribution in [0.15, 0.2) is 44.8 Å². The summed E-state index contributed by atoms with van der Waals surface area (Å²) in [6.45, 7) is 3.64. The van der Waals surface area contributed by atoms with Gasteiger partial charge in [-0.1, -0.05) is 41.3 Å². The molecule has 3 aromatic heterocycles. The summed E-state index contributed by atoms with van der Waals surface area (Å²) in [5.41, 5.74) is 3.43. The van der Waals surface area contributed by atoms with E-state index in [4.69, 9.17) is 4.42 Å². The largest absolute Gasteiger partial charge is 0.411 e. The maximum Gasteiger partial charge on any atom is 0.306 e. The lowest BCUT2D eigenvalue weighted by atomic mass is 10.2. The summed E-state index contributed by atoms with van der Waals surface area (Å²) >= 11 is 2.23. The normalized spacial score (nSPS) is 11.1. The number of nitrogens with one attached hydrogen (secondary N) is 2. The third kappa shape index (κ3) is 3.69. The van der Waals surface area contributed by atoms with E-state index in [1.54, 1.807) is 6.92 Å². The summed E-state index contributed by atoms with van der Waals surface area (Å²) in [7, 11) is 0. The smallest absolute Gasteiger partial charge is 0.306 e. The molecule has 0 unspecified atom stereocenters. The van der Waals surface area contributed by atoms with Crippen LogP contribution in [0, 0.1) is 13.8 Å². The number of amides is 1. The van der Waals surface area contributed by atoms with Crippen molar-refractivity contribution in [2.75, 3.05) is 11.1 Å². The first-order chi connectivity index (χ1) is 13.5. The molecule has 0 aliphatic carbocycles. The molecular weight excluding hydrogens is 398 g/mol. The van der Waals surface area contributed by atoms with Crippen molar-refractivity contribution in [2.45, 2.75) is 19.1 Å². The van der Waals surface area contributed by atoms with Crippen LogP contribution in [0.5, 0.6) is 0 Å². The predicted molar refractivity (Wildman–Crippen MR) is 109 cm³/mol. The number of rotatable bonds is 5. The number of benzene rings is 1. The van der Waals surface area contributed by atoms with Gasteiger partial charge in [-0.05, 0) is 31.5 Å². The predicted octanol–water partition coefficient (Wildman–Crippen LogP) is 3.38. The molecule has 0 saturated heterocycles. The van der Waals surface area contributed by atoms with Crippen molar-refractivity contribution in [3.63, 3.8) is 0 Å². The van der Waals surface area contributed by atoms with E-state index in [2.05, 4.69) is 25.5 Å². The van der Waals surface area contributed by atoms with Gasteiger partial charge in [-0.2, -0.15) is 0 Å². The lowest BCUT2D eigenvalue weighted by Crippen LogP contribution is -2.16. The Kier molecular flexibility index (Phi) is 4.97. The second kappa shape index (κ2) is 7.56. The molecule has 3 heterocycles. The highest BCUT2D eigenvalue weighted by Gasteiger charge is 2.16. The van der Waals surface area contributed by atoms with Gasteiger partial charge in [0.1, 0.15) is 0 Å². The topological polar surface area (TPSA) is 114 Å². The van der Waals surface area contributed by atoms with Crippen LogP contribution in [0.4, 0.5) is 5.69 Å². The number of nitrogens with zero attached hydrogens (tertiary/aromatic N) is 3. The van der Waals surface area contributed by atoms with Crippen LogP contribution in [0.3, 0.4) is 0 Å². The van der Waals surface area contributed by atoms with Crippen LogP contribution in [-0.4, -0.2) is 31.8 Å². The highest BCUT2D eigenvalue weighted by Crippen LogP contribution is 2.28. The summed E-state index contributed by atoms with van der Waals surface area (Å²) in [6, 6.07) is 9.42. The van der Waals surface area contributed by atoms with Gasteiger partial charge in [0.15, 0.2) is 5.65 Å². The number of fused-ring (bicyclic) bond motifs is 1. The Morgan fingerprint density at radius 2 is 2.04 bits per heavy atom. The monoisotopic (exact) mass is 413 g/mol. The van der Waals surface area contributed by atoms with E-state index < -0.39 is 0 Å². The number of pyridine rings is 1. The second-order valence-corrected chi connectivity index (χ2v) is 7.88. The average molecular weight is 413 g/mol. The summed E-state index contributed by atoms with van der Waals surface area (Å²) in [5.74, 6) is 0.295. The van der Waals surface area contributed by atoms with Gasteiger partial charge < -0.3 is 9.73 Å². The summed E-state index contributed by atoms with van der Waals surface area (Å²) < 4.78 is 6.33. The first-order valence-electron chi connectivity index (χ1n) is 8.33. The molecule has 4 rings (SSSR count). The second-order valence-electron chi connectivity index (χ2n) is 5.97. The highest BCUT2D eigenvalue weighted by atomic mass is 32.2. The standard InChI is InChI=1S/C18H15N5O3S2/c1-9-13(10(2)19-15-14(9)28-17(25)21-15)20-12(24)8-27-18-23-22-16(26-18)11-6-4-3-5-7-11/h3-7H,8H2,1-2H3,(H,20,24)(H,19,21,25). The van der Waals surface area contributed by atoms with Gasteiger partial charge >= 0.3 is 4.87 Å². The Balaban J connectivity index is 1.45. The minimum atomic E-state index is -0.223. The third-order valence-electron chi connectivity index (χ3n) is 4.01. The number of H-pyrrole nitrogens is 1. The summed E-state index contributed by atoms with van der Waals surface area (Å²) in [4.78, 5) is 30.8. The fourth-order valence-corrected chi connectivity index (χ4v) is 4.06. The molecule has 142 valence electrons. The van der Waals surface area contributed by atoms with E-state index in [1.807, 2.05) is 37.3 Å². The van der Waals surface area contributed by atoms with Gasteiger partial charge in [0.05, 0.1) is 21.8 Å². The molecule has 0 atom stereocenters. The average Bonchev–Trinajstić information content (AvgIpc) is 3.30.